The van der Waals surface area contributed by atoms with Crippen LogP contribution in [0.4, 0.5) is 0 Å². The van der Waals surface area contributed by atoms with Crippen LogP contribution in [-0.2, 0) is 10.5 Å². The molecule has 2 aromatic heterocycles. The van der Waals surface area contributed by atoms with Crippen LogP contribution in [0.15, 0.2) is 10.7 Å². The summed E-state index contributed by atoms with van der Waals surface area (Å²) in [6.45, 7) is 5.58. The van der Waals surface area contributed by atoms with Gasteiger partial charge in [-0.15, -0.1) is 11.8 Å². The van der Waals surface area contributed by atoms with Crippen LogP contribution in [0.25, 0.3) is 0 Å². The van der Waals surface area contributed by atoms with E-state index in [1.165, 1.54) is 11.8 Å². The second-order valence-electron chi connectivity index (χ2n) is 4.47. The number of nitrogens with one attached hydrogen (secondary N) is 2. The van der Waals surface area contributed by atoms with E-state index in [1.807, 2.05) is 13.8 Å². The smallest absolute Gasteiger partial charge is 0.236 e. The maximum absolute atomic E-state index is 11.8. The molecule has 1 atom stereocenters. The lowest BCUT2D eigenvalue weighted by molar-refractivity contribution is -0.119. The zero-order valence-corrected chi connectivity index (χ0v) is 12.5. The third-order valence-electron chi connectivity index (χ3n) is 2.54. The molecular weight excluding hydrogens is 278 g/mol. The first-order valence-corrected chi connectivity index (χ1v) is 7.38. The van der Waals surface area contributed by atoms with E-state index in [0.29, 0.717) is 23.2 Å². The number of rotatable bonds is 6. The predicted octanol–water partition coefficient (Wildman–Crippen LogP) is 1.52. The number of carbonyl (C=O) groups is 1. The maximum atomic E-state index is 11.8. The van der Waals surface area contributed by atoms with Crippen LogP contribution in [0.1, 0.15) is 36.2 Å². The minimum Gasteiger partial charge on any atom is -0.346 e. The third kappa shape index (κ3) is 4.09. The molecule has 2 aromatic rings. The lowest BCUT2D eigenvalue weighted by Crippen LogP contribution is -2.28. The summed E-state index contributed by atoms with van der Waals surface area (Å²) >= 11 is 1.43. The lowest BCUT2D eigenvalue weighted by Gasteiger charge is -2.10. The van der Waals surface area contributed by atoms with Crippen LogP contribution in [-0.4, -0.2) is 31.8 Å². The van der Waals surface area contributed by atoms with Gasteiger partial charge in [0.05, 0.1) is 17.5 Å². The molecule has 1 amide bonds. The molecule has 0 aliphatic rings. The van der Waals surface area contributed by atoms with Crippen molar-refractivity contribution in [3.63, 3.8) is 0 Å². The Morgan fingerprint density at radius 2 is 2.35 bits per heavy atom. The van der Waals surface area contributed by atoms with Crippen molar-refractivity contribution in [1.29, 1.82) is 0 Å². The Kier molecular flexibility index (Phi) is 4.78. The minimum atomic E-state index is -0.137. The largest absolute Gasteiger partial charge is 0.346 e. The second-order valence-corrected chi connectivity index (χ2v) is 5.45. The molecule has 0 bridgehead atoms. The summed E-state index contributed by atoms with van der Waals surface area (Å²) < 4.78 is 4.97. The number of hydrogen-bond donors (Lipinski definition) is 2. The molecule has 1 unspecified atom stereocenters. The van der Waals surface area contributed by atoms with Gasteiger partial charge in [-0.2, -0.15) is 4.98 Å². The summed E-state index contributed by atoms with van der Waals surface area (Å²) in [7, 11) is 0. The molecular formula is C12H17N5O2S. The van der Waals surface area contributed by atoms with Gasteiger partial charge in [0.1, 0.15) is 5.82 Å². The van der Waals surface area contributed by atoms with Crippen molar-refractivity contribution in [2.45, 2.75) is 32.6 Å². The number of amides is 1. The summed E-state index contributed by atoms with van der Waals surface area (Å²) in [6.07, 6.45) is 1.74. The van der Waals surface area contributed by atoms with Crippen molar-refractivity contribution in [2.24, 2.45) is 0 Å². The molecule has 0 saturated carbocycles. The SMILES string of the molecule is Cc1noc(CSCC(=O)NC(C)c2ncc(C)[nH]2)n1. The molecule has 8 heteroatoms. The molecule has 108 valence electrons. The summed E-state index contributed by atoms with van der Waals surface area (Å²) in [5, 5.41) is 6.57. The number of H-pyrrole nitrogens is 1. The molecule has 0 aliphatic carbocycles. The molecule has 20 heavy (non-hydrogen) atoms. The lowest BCUT2D eigenvalue weighted by atomic mass is 10.3. The normalized spacial score (nSPS) is 12.3. The number of aryl methyl sites for hydroxylation is 2. The van der Waals surface area contributed by atoms with E-state index >= 15 is 0 Å². The van der Waals surface area contributed by atoms with Crippen molar-refractivity contribution in [2.75, 3.05) is 5.75 Å². The minimum absolute atomic E-state index is 0.0483. The van der Waals surface area contributed by atoms with Crippen LogP contribution in [0.5, 0.6) is 0 Å². The molecule has 2 heterocycles. The van der Waals surface area contributed by atoms with Crippen LogP contribution in [0.3, 0.4) is 0 Å². The van der Waals surface area contributed by atoms with E-state index < -0.39 is 0 Å². The average Bonchev–Trinajstić information content (AvgIpc) is 2.98. The Hall–Kier alpha value is -1.83. The highest BCUT2D eigenvalue weighted by atomic mass is 32.2. The monoisotopic (exact) mass is 295 g/mol. The molecule has 0 aromatic carbocycles. The van der Waals surface area contributed by atoms with Gasteiger partial charge in [0.2, 0.25) is 11.8 Å². The highest BCUT2D eigenvalue weighted by molar-refractivity contribution is 7.99. The van der Waals surface area contributed by atoms with Gasteiger partial charge in [0.25, 0.3) is 0 Å². The number of carbonyl (C=O) groups excluding carboxylic acids is 1. The van der Waals surface area contributed by atoms with E-state index in [-0.39, 0.29) is 11.9 Å². The number of nitrogens with zero attached hydrogens (tertiary/aromatic N) is 3. The van der Waals surface area contributed by atoms with E-state index in [9.17, 15) is 4.79 Å². The Morgan fingerprint density at radius 3 is 2.95 bits per heavy atom. The van der Waals surface area contributed by atoms with Gasteiger partial charge in [0.15, 0.2) is 5.82 Å². The van der Waals surface area contributed by atoms with Crippen molar-refractivity contribution in [1.82, 2.24) is 25.4 Å². The van der Waals surface area contributed by atoms with Gasteiger partial charge in [-0.05, 0) is 20.8 Å². The first kappa shape index (κ1) is 14.6. The van der Waals surface area contributed by atoms with Gasteiger partial charge >= 0.3 is 0 Å². The quantitative estimate of drug-likeness (QED) is 0.838. The van der Waals surface area contributed by atoms with Crippen LogP contribution in [0.2, 0.25) is 0 Å². The fourth-order valence-corrected chi connectivity index (χ4v) is 2.30. The highest BCUT2D eigenvalue weighted by Crippen LogP contribution is 2.11. The third-order valence-corrected chi connectivity index (χ3v) is 3.46. The van der Waals surface area contributed by atoms with Crippen molar-refractivity contribution >= 4 is 17.7 Å². The standard InChI is InChI=1S/C12H17N5O2S/c1-7-4-13-12(14-7)8(2)15-10(18)5-20-6-11-16-9(3)17-19-11/h4,8H,5-6H2,1-3H3,(H,13,14)(H,15,18). The van der Waals surface area contributed by atoms with E-state index in [2.05, 4.69) is 25.4 Å². The van der Waals surface area contributed by atoms with Gasteiger partial charge in [0, 0.05) is 11.9 Å². The summed E-state index contributed by atoms with van der Waals surface area (Å²) in [5.41, 5.74) is 0.974. The first-order valence-electron chi connectivity index (χ1n) is 6.22. The number of thioether (sulfide) groups is 1. The fraction of sp³-hybridized carbons (Fsp3) is 0.500. The number of hydrogen-bond acceptors (Lipinski definition) is 6. The fourth-order valence-electron chi connectivity index (χ4n) is 1.63. The van der Waals surface area contributed by atoms with Crippen LogP contribution in [0, 0.1) is 13.8 Å². The number of aromatic nitrogens is 4. The molecule has 2 N–H and O–H groups in total. The van der Waals surface area contributed by atoms with Gasteiger partial charge in [-0.3, -0.25) is 4.79 Å². The first-order chi connectivity index (χ1) is 9.54. The maximum Gasteiger partial charge on any atom is 0.236 e. The Bertz CT molecular complexity index is 580. The second kappa shape index (κ2) is 6.56. The number of imidazole rings is 1. The van der Waals surface area contributed by atoms with Crippen molar-refractivity contribution < 1.29 is 9.32 Å². The molecule has 0 fully saturated rings. The summed E-state index contributed by atoms with van der Waals surface area (Å²) in [6, 6.07) is -0.137. The molecule has 7 nitrogen and oxygen atoms in total. The van der Waals surface area contributed by atoms with E-state index in [0.717, 1.165) is 11.5 Å². The van der Waals surface area contributed by atoms with E-state index in [4.69, 9.17) is 4.52 Å². The van der Waals surface area contributed by atoms with Crippen LogP contribution >= 0.6 is 11.8 Å². The summed E-state index contributed by atoms with van der Waals surface area (Å²) in [5.74, 6) is 2.72. The van der Waals surface area contributed by atoms with Gasteiger partial charge in [-0.25, -0.2) is 4.98 Å². The van der Waals surface area contributed by atoms with E-state index in [1.54, 1.807) is 13.1 Å². The van der Waals surface area contributed by atoms with Crippen LogP contribution < -0.4 is 5.32 Å². The Morgan fingerprint density at radius 1 is 1.55 bits per heavy atom. The van der Waals surface area contributed by atoms with Gasteiger partial charge < -0.3 is 14.8 Å². The molecule has 0 saturated heterocycles. The number of aromatic amines is 1. The zero-order valence-electron chi connectivity index (χ0n) is 11.6. The topological polar surface area (TPSA) is 96.7 Å². The van der Waals surface area contributed by atoms with Crippen molar-refractivity contribution in [3.05, 3.63) is 29.4 Å². The molecule has 2 rings (SSSR count). The highest BCUT2D eigenvalue weighted by Gasteiger charge is 2.12. The molecule has 0 radical (unpaired) electrons. The summed E-state index contributed by atoms with van der Waals surface area (Å²) in [4.78, 5) is 23.2. The molecule has 0 spiro atoms. The average molecular weight is 295 g/mol. The Balaban J connectivity index is 1.72. The molecule has 0 aliphatic heterocycles. The van der Waals surface area contributed by atoms with Crippen molar-refractivity contribution in [3.8, 4) is 0 Å². The predicted molar refractivity (Wildman–Crippen MR) is 75.1 cm³/mol. The Labute approximate surface area is 120 Å². The zero-order chi connectivity index (χ0) is 14.5. The van der Waals surface area contributed by atoms with Gasteiger partial charge in [-0.1, -0.05) is 5.16 Å².